The Hall–Kier alpha value is -3.31. The van der Waals surface area contributed by atoms with Crippen molar-refractivity contribution in [2.45, 2.75) is 6.04 Å². The Morgan fingerprint density at radius 1 is 0.897 bits per heavy atom. The molecule has 0 aliphatic rings. The zero-order chi connectivity index (χ0) is 20.6. The summed E-state index contributed by atoms with van der Waals surface area (Å²) < 4.78 is 5.08. The summed E-state index contributed by atoms with van der Waals surface area (Å²) in [6, 6.07) is 23.3. The minimum atomic E-state index is -0.348. The second kappa shape index (κ2) is 9.75. The normalized spacial score (nSPS) is 11.4. The summed E-state index contributed by atoms with van der Waals surface area (Å²) in [7, 11) is 1.56. The number of carbonyl (C=O) groups is 2. The minimum Gasteiger partial charge on any atom is -0.497 e. The van der Waals surface area contributed by atoms with E-state index in [4.69, 9.17) is 16.3 Å². The largest absolute Gasteiger partial charge is 0.497 e. The molecule has 148 valence electrons. The summed E-state index contributed by atoms with van der Waals surface area (Å²) in [5.41, 5.74) is 2.29. The lowest BCUT2D eigenvalue weighted by atomic mass is 9.98. The first-order valence-corrected chi connectivity index (χ1v) is 9.46. The van der Waals surface area contributed by atoms with Crippen LogP contribution in [0.1, 0.15) is 27.5 Å². The molecular formula is C23H21ClN2O3. The van der Waals surface area contributed by atoms with Gasteiger partial charge in [0.25, 0.3) is 5.91 Å². The molecule has 0 saturated carbocycles. The predicted octanol–water partition coefficient (Wildman–Crippen LogP) is 3.98. The smallest absolute Gasteiger partial charge is 0.251 e. The molecule has 0 spiro atoms. The fraction of sp³-hybridized carbons (Fsp3) is 0.130. The van der Waals surface area contributed by atoms with Crippen molar-refractivity contribution in [1.82, 2.24) is 10.6 Å². The SMILES string of the molecule is COc1ccc(C(=O)NCC(=O)NC(c2ccccc2)c2ccc(Cl)cc2)cc1. The Labute approximate surface area is 174 Å². The zero-order valence-electron chi connectivity index (χ0n) is 15.9. The average molecular weight is 409 g/mol. The second-order valence-corrected chi connectivity index (χ2v) is 6.81. The van der Waals surface area contributed by atoms with E-state index >= 15 is 0 Å². The number of hydrogen-bond donors (Lipinski definition) is 2. The molecule has 0 aliphatic heterocycles. The highest BCUT2D eigenvalue weighted by Gasteiger charge is 2.17. The van der Waals surface area contributed by atoms with Gasteiger partial charge in [0.2, 0.25) is 5.91 Å². The van der Waals surface area contributed by atoms with Gasteiger partial charge in [-0.1, -0.05) is 54.1 Å². The van der Waals surface area contributed by atoms with Crippen molar-refractivity contribution < 1.29 is 14.3 Å². The van der Waals surface area contributed by atoms with Gasteiger partial charge in [-0.15, -0.1) is 0 Å². The molecule has 6 heteroatoms. The van der Waals surface area contributed by atoms with Gasteiger partial charge in [-0.25, -0.2) is 0 Å². The van der Waals surface area contributed by atoms with Crippen molar-refractivity contribution in [1.29, 1.82) is 0 Å². The lowest BCUT2D eigenvalue weighted by molar-refractivity contribution is -0.120. The van der Waals surface area contributed by atoms with Crippen molar-refractivity contribution >= 4 is 23.4 Å². The molecule has 5 nitrogen and oxygen atoms in total. The third-order valence-corrected chi connectivity index (χ3v) is 4.66. The Kier molecular flexibility index (Phi) is 6.87. The zero-order valence-corrected chi connectivity index (χ0v) is 16.6. The summed E-state index contributed by atoms with van der Waals surface area (Å²) in [4.78, 5) is 24.8. The third-order valence-electron chi connectivity index (χ3n) is 4.40. The first-order chi connectivity index (χ1) is 14.1. The molecule has 0 radical (unpaired) electrons. The van der Waals surface area contributed by atoms with Crippen LogP contribution in [-0.4, -0.2) is 25.5 Å². The molecule has 0 aliphatic carbocycles. The number of rotatable bonds is 7. The summed E-state index contributed by atoms with van der Waals surface area (Å²) in [6.07, 6.45) is 0. The van der Waals surface area contributed by atoms with Gasteiger partial charge in [-0.3, -0.25) is 9.59 Å². The molecule has 0 aromatic heterocycles. The molecule has 2 amide bonds. The van der Waals surface area contributed by atoms with E-state index in [-0.39, 0.29) is 24.4 Å². The van der Waals surface area contributed by atoms with Gasteiger partial charge in [-0.05, 0) is 47.5 Å². The minimum absolute atomic E-state index is 0.137. The highest BCUT2D eigenvalue weighted by atomic mass is 35.5. The van der Waals surface area contributed by atoms with Gasteiger partial charge in [0, 0.05) is 10.6 Å². The van der Waals surface area contributed by atoms with Crippen molar-refractivity contribution in [2.24, 2.45) is 0 Å². The van der Waals surface area contributed by atoms with E-state index in [1.807, 2.05) is 42.5 Å². The van der Waals surface area contributed by atoms with E-state index in [1.54, 1.807) is 43.5 Å². The number of benzene rings is 3. The first-order valence-electron chi connectivity index (χ1n) is 9.09. The van der Waals surface area contributed by atoms with E-state index in [9.17, 15) is 9.59 Å². The van der Waals surface area contributed by atoms with Gasteiger partial charge in [0.15, 0.2) is 0 Å². The van der Waals surface area contributed by atoms with Crippen LogP contribution in [0.3, 0.4) is 0 Å². The number of methoxy groups -OCH3 is 1. The number of nitrogens with one attached hydrogen (secondary N) is 2. The van der Waals surface area contributed by atoms with Crippen LogP contribution in [-0.2, 0) is 4.79 Å². The van der Waals surface area contributed by atoms with Crippen LogP contribution in [0.5, 0.6) is 5.75 Å². The van der Waals surface area contributed by atoms with E-state index in [0.717, 1.165) is 11.1 Å². The fourth-order valence-corrected chi connectivity index (χ4v) is 3.00. The van der Waals surface area contributed by atoms with Crippen LogP contribution in [0, 0.1) is 0 Å². The van der Waals surface area contributed by atoms with Crippen molar-refractivity contribution in [2.75, 3.05) is 13.7 Å². The predicted molar refractivity (Wildman–Crippen MR) is 113 cm³/mol. The molecule has 29 heavy (non-hydrogen) atoms. The maximum atomic E-state index is 12.5. The van der Waals surface area contributed by atoms with E-state index < -0.39 is 0 Å². The molecule has 1 atom stereocenters. The molecule has 0 fully saturated rings. The molecule has 2 N–H and O–H groups in total. The molecule has 3 aromatic rings. The molecule has 1 unspecified atom stereocenters. The topological polar surface area (TPSA) is 67.4 Å². The Bertz CT molecular complexity index is 958. The quantitative estimate of drug-likeness (QED) is 0.621. The second-order valence-electron chi connectivity index (χ2n) is 6.37. The molecule has 3 aromatic carbocycles. The van der Waals surface area contributed by atoms with Gasteiger partial charge in [0.05, 0.1) is 19.7 Å². The van der Waals surface area contributed by atoms with Crippen LogP contribution < -0.4 is 15.4 Å². The maximum absolute atomic E-state index is 12.5. The van der Waals surface area contributed by atoms with E-state index in [1.165, 1.54) is 0 Å². The highest BCUT2D eigenvalue weighted by molar-refractivity contribution is 6.30. The van der Waals surface area contributed by atoms with Crippen LogP contribution in [0.4, 0.5) is 0 Å². The van der Waals surface area contributed by atoms with Crippen LogP contribution >= 0.6 is 11.6 Å². The average Bonchev–Trinajstić information content (AvgIpc) is 2.77. The monoisotopic (exact) mass is 408 g/mol. The lowest BCUT2D eigenvalue weighted by Crippen LogP contribution is -2.39. The van der Waals surface area contributed by atoms with Crippen LogP contribution in [0.2, 0.25) is 5.02 Å². The number of amides is 2. The van der Waals surface area contributed by atoms with Crippen molar-refractivity contribution in [3.8, 4) is 5.75 Å². The summed E-state index contributed by atoms with van der Waals surface area (Å²) in [5.74, 6) is 0.0363. The third kappa shape index (κ3) is 5.59. The summed E-state index contributed by atoms with van der Waals surface area (Å²) in [6.45, 7) is -0.137. The molecule has 0 heterocycles. The first kappa shape index (κ1) is 20.4. The van der Waals surface area contributed by atoms with E-state index in [2.05, 4.69) is 10.6 Å². The van der Waals surface area contributed by atoms with E-state index in [0.29, 0.717) is 16.3 Å². The Balaban J connectivity index is 1.66. The summed E-state index contributed by atoms with van der Waals surface area (Å²) in [5, 5.41) is 6.24. The number of ether oxygens (including phenoxy) is 1. The molecular weight excluding hydrogens is 388 g/mol. The standard InChI is InChI=1S/C23H21ClN2O3/c1-29-20-13-9-18(10-14-20)23(28)25-15-21(27)26-22(16-5-3-2-4-6-16)17-7-11-19(24)12-8-17/h2-14,22H,15H2,1H3,(H,25,28)(H,26,27). The molecule has 0 saturated heterocycles. The number of carbonyl (C=O) groups excluding carboxylic acids is 2. The Morgan fingerprint density at radius 3 is 2.14 bits per heavy atom. The van der Waals surface area contributed by atoms with Crippen LogP contribution in [0.25, 0.3) is 0 Å². The number of halogens is 1. The fourth-order valence-electron chi connectivity index (χ4n) is 2.88. The molecule has 3 rings (SSSR count). The van der Waals surface area contributed by atoms with Gasteiger partial charge in [0.1, 0.15) is 5.75 Å². The number of hydrogen-bond acceptors (Lipinski definition) is 3. The highest BCUT2D eigenvalue weighted by Crippen LogP contribution is 2.23. The van der Waals surface area contributed by atoms with Crippen LogP contribution in [0.15, 0.2) is 78.9 Å². The van der Waals surface area contributed by atoms with Crippen molar-refractivity contribution in [3.63, 3.8) is 0 Å². The van der Waals surface area contributed by atoms with Crippen molar-refractivity contribution in [3.05, 3.63) is 101 Å². The van der Waals surface area contributed by atoms with Gasteiger partial charge < -0.3 is 15.4 Å². The lowest BCUT2D eigenvalue weighted by Gasteiger charge is -2.20. The summed E-state index contributed by atoms with van der Waals surface area (Å²) >= 11 is 5.99. The van der Waals surface area contributed by atoms with Gasteiger partial charge in [-0.2, -0.15) is 0 Å². The van der Waals surface area contributed by atoms with Gasteiger partial charge >= 0.3 is 0 Å². The molecule has 0 bridgehead atoms. The Morgan fingerprint density at radius 2 is 1.52 bits per heavy atom. The maximum Gasteiger partial charge on any atom is 0.251 e.